The Morgan fingerprint density at radius 2 is 1.64 bits per heavy atom. The molecule has 1 N–H and O–H groups in total. The Morgan fingerprint density at radius 3 is 1.86 bits per heavy atom. The fraction of sp³-hybridized carbons (Fsp3) is 0.125. The predicted molar refractivity (Wildman–Crippen MR) is 53.4 cm³/mol. The van der Waals surface area contributed by atoms with E-state index in [4.69, 9.17) is 9.90 Å². The van der Waals surface area contributed by atoms with Gasteiger partial charge in [0.25, 0.3) is 0 Å². The number of halogens is 1. The van der Waals surface area contributed by atoms with Gasteiger partial charge in [-0.15, -0.1) is 0 Å². The van der Waals surface area contributed by atoms with Gasteiger partial charge < -0.3 is 5.11 Å². The molecule has 1 rings (SSSR count). The highest BCUT2D eigenvalue weighted by Crippen LogP contribution is 2.05. The van der Waals surface area contributed by atoms with Gasteiger partial charge in [0.1, 0.15) is 0 Å². The Kier molecular flexibility index (Phi) is 5.19. The van der Waals surface area contributed by atoms with Crippen molar-refractivity contribution in [3.05, 3.63) is 30.3 Å². The van der Waals surface area contributed by atoms with Gasteiger partial charge in [0.2, 0.25) is 0 Å². The zero-order valence-corrected chi connectivity index (χ0v) is 8.92. The molecular formula is C8H9ClO4S. The standard InChI is InChI=1S/C7H8O2S.CHClO2/c1-10(8,9)7-5-3-2-4-6-7;2-1(3)4/h2-6H,1H3;(H,3,4). The van der Waals surface area contributed by atoms with Crippen LogP contribution in [-0.4, -0.2) is 25.2 Å². The van der Waals surface area contributed by atoms with E-state index in [1.54, 1.807) is 30.3 Å². The van der Waals surface area contributed by atoms with Gasteiger partial charge in [-0.05, 0) is 12.1 Å². The SMILES string of the molecule is CS(=O)(=O)c1ccccc1.O=C(O)Cl. The van der Waals surface area contributed by atoms with E-state index in [1.807, 2.05) is 0 Å². The van der Waals surface area contributed by atoms with Crippen LogP contribution in [0.5, 0.6) is 0 Å². The fourth-order valence-electron chi connectivity index (χ4n) is 0.668. The van der Waals surface area contributed by atoms with Crippen molar-refractivity contribution in [2.24, 2.45) is 0 Å². The van der Waals surface area contributed by atoms with Crippen molar-refractivity contribution in [2.75, 3.05) is 6.26 Å². The first kappa shape index (κ1) is 12.9. The van der Waals surface area contributed by atoms with E-state index in [2.05, 4.69) is 11.6 Å². The van der Waals surface area contributed by atoms with Crippen LogP contribution in [0.2, 0.25) is 0 Å². The van der Waals surface area contributed by atoms with Crippen LogP contribution in [0.25, 0.3) is 0 Å². The zero-order valence-electron chi connectivity index (χ0n) is 7.34. The molecule has 0 atom stereocenters. The van der Waals surface area contributed by atoms with Crippen LogP contribution in [0.3, 0.4) is 0 Å². The second kappa shape index (κ2) is 5.62. The molecule has 1 aromatic carbocycles. The van der Waals surface area contributed by atoms with Crippen LogP contribution >= 0.6 is 11.6 Å². The van der Waals surface area contributed by atoms with Gasteiger partial charge in [0, 0.05) is 17.9 Å². The second-order valence-corrected chi connectivity index (χ2v) is 4.68. The molecule has 6 heteroatoms. The van der Waals surface area contributed by atoms with Crippen molar-refractivity contribution >= 4 is 26.9 Å². The summed E-state index contributed by atoms with van der Waals surface area (Å²) in [5.74, 6) is 0. The summed E-state index contributed by atoms with van der Waals surface area (Å²) < 4.78 is 21.7. The van der Waals surface area contributed by atoms with Gasteiger partial charge >= 0.3 is 5.43 Å². The topological polar surface area (TPSA) is 71.4 Å². The highest BCUT2D eigenvalue weighted by molar-refractivity contribution is 7.90. The number of hydrogen-bond donors (Lipinski definition) is 1. The van der Waals surface area contributed by atoms with Crippen molar-refractivity contribution in [1.82, 2.24) is 0 Å². The average molecular weight is 237 g/mol. The number of carboxylic acid groups (broad SMARTS) is 1. The summed E-state index contributed by atoms with van der Waals surface area (Å²) in [7, 11) is -3.00. The fourth-order valence-corrected chi connectivity index (χ4v) is 1.32. The lowest BCUT2D eigenvalue weighted by atomic mass is 10.4. The van der Waals surface area contributed by atoms with Crippen LogP contribution in [0.4, 0.5) is 4.79 Å². The highest BCUT2D eigenvalue weighted by Gasteiger charge is 2.02. The van der Waals surface area contributed by atoms with Crippen LogP contribution < -0.4 is 0 Å². The maximum atomic E-state index is 10.8. The largest absolute Gasteiger partial charge is 0.469 e. The molecule has 0 bridgehead atoms. The minimum Gasteiger partial charge on any atom is -0.469 e. The molecule has 0 unspecified atom stereocenters. The molecule has 0 aliphatic rings. The molecule has 0 radical (unpaired) electrons. The van der Waals surface area contributed by atoms with E-state index in [0.717, 1.165) is 0 Å². The summed E-state index contributed by atoms with van der Waals surface area (Å²) in [5.41, 5.74) is -1.36. The van der Waals surface area contributed by atoms with E-state index in [0.29, 0.717) is 4.90 Å². The van der Waals surface area contributed by atoms with Crippen molar-refractivity contribution in [2.45, 2.75) is 4.90 Å². The third-order valence-electron chi connectivity index (χ3n) is 1.17. The first-order valence-electron chi connectivity index (χ1n) is 3.47. The Morgan fingerprint density at radius 1 is 1.29 bits per heavy atom. The summed E-state index contributed by atoms with van der Waals surface area (Å²) in [6, 6.07) is 8.35. The van der Waals surface area contributed by atoms with E-state index >= 15 is 0 Å². The molecule has 0 aliphatic carbocycles. The normalized spacial score (nSPS) is 9.86. The number of sulfone groups is 1. The average Bonchev–Trinajstić information content (AvgIpc) is 2.03. The van der Waals surface area contributed by atoms with Crippen LogP contribution in [0, 0.1) is 0 Å². The molecule has 0 aromatic heterocycles. The van der Waals surface area contributed by atoms with Crippen molar-refractivity contribution < 1.29 is 18.3 Å². The summed E-state index contributed by atoms with van der Waals surface area (Å²) in [5, 5.41) is 7.18. The summed E-state index contributed by atoms with van der Waals surface area (Å²) >= 11 is 4.19. The third kappa shape index (κ3) is 6.45. The Bertz CT molecular complexity index is 381. The van der Waals surface area contributed by atoms with Crippen molar-refractivity contribution in [1.29, 1.82) is 0 Å². The van der Waals surface area contributed by atoms with Crippen molar-refractivity contribution in [3.63, 3.8) is 0 Å². The van der Waals surface area contributed by atoms with E-state index in [-0.39, 0.29) is 0 Å². The van der Waals surface area contributed by atoms with E-state index in [9.17, 15) is 8.42 Å². The molecule has 0 aliphatic heterocycles. The minimum atomic E-state index is -3.00. The van der Waals surface area contributed by atoms with Gasteiger partial charge in [-0.3, -0.25) is 0 Å². The molecule has 0 saturated carbocycles. The first-order valence-corrected chi connectivity index (χ1v) is 5.74. The summed E-state index contributed by atoms with van der Waals surface area (Å²) in [6.45, 7) is 0. The minimum absolute atomic E-state index is 0.370. The highest BCUT2D eigenvalue weighted by atomic mass is 35.5. The molecule has 4 nitrogen and oxygen atoms in total. The molecular weight excluding hydrogens is 228 g/mol. The lowest BCUT2D eigenvalue weighted by Gasteiger charge is -1.93. The van der Waals surface area contributed by atoms with E-state index < -0.39 is 15.3 Å². The predicted octanol–water partition coefficient (Wildman–Crippen LogP) is 1.99. The van der Waals surface area contributed by atoms with Gasteiger partial charge in [-0.25, -0.2) is 13.2 Å². The number of hydrogen-bond acceptors (Lipinski definition) is 3. The van der Waals surface area contributed by atoms with Gasteiger partial charge in [-0.1, -0.05) is 18.2 Å². The molecule has 1 aromatic rings. The lowest BCUT2D eigenvalue weighted by molar-refractivity contribution is 0.220. The summed E-state index contributed by atoms with van der Waals surface area (Å²) in [6.07, 6.45) is 1.20. The van der Waals surface area contributed by atoms with Crippen molar-refractivity contribution in [3.8, 4) is 0 Å². The Hall–Kier alpha value is -1.07. The molecule has 0 amide bonds. The maximum absolute atomic E-state index is 10.8. The van der Waals surface area contributed by atoms with Gasteiger partial charge in [0.05, 0.1) is 4.90 Å². The van der Waals surface area contributed by atoms with Crippen LogP contribution in [0.15, 0.2) is 35.2 Å². The van der Waals surface area contributed by atoms with Gasteiger partial charge in [-0.2, -0.15) is 0 Å². The monoisotopic (exact) mass is 236 g/mol. The Labute approximate surface area is 87.1 Å². The number of carbonyl (C=O) groups is 1. The molecule has 14 heavy (non-hydrogen) atoms. The van der Waals surface area contributed by atoms with Crippen LogP contribution in [-0.2, 0) is 9.84 Å². The zero-order chi connectivity index (χ0) is 11.2. The molecule has 0 spiro atoms. The van der Waals surface area contributed by atoms with Gasteiger partial charge in [0.15, 0.2) is 9.84 Å². The molecule has 78 valence electrons. The molecule has 0 saturated heterocycles. The quantitative estimate of drug-likeness (QED) is 0.757. The summed E-state index contributed by atoms with van der Waals surface area (Å²) in [4.78, 5) is 9.14. The second-order valence-electron chi connectivity index (χ2n) is 2.34. The third-order valence-corrected chi connectivity index (χ3v) is 2.30. The number of rotatable bonds is 1. The maximum Gasteiger partial charge on any atom is 0.401 e. The van der Waals surface area contributed by atoms with Crippen LogP contribution in [0.1, 0.15) is 0 Å². The van der Waals surface area contributed by atoms with E-state index in [1.165, 1.54) is 6.26 Å². The first-order chi connectivity index (χ1) is 6.34. The molecule has 0 fully saturated rings. The Balaban J connectivity index is 0.000000364. The lowest BCUT2D eigenvalue weighted by Crippen LogP contribution is -1.95. The molecule has 0 heterocycles. The number of benzene rings is 1. The smallest absolute Gasteiger partial charge is 0.401 e.